The Balaban J connectivity index is 1.78. The summed E-state index contributed by atoms with van der Waals surface area (Å²) in [5.74, 6) is 1.56. The second kappa shape index (κ2) is 7.17. The molecule has 122 valence electrons. The van der Waals surface area contributed by atoms with E-state index in [0.29, 0.717) is 11.1 Å². The molecule has 0 unspecified atom stereocenters. The van der Waals surface area contributed by atoms with Crippen molar-refractivity contribution in [2.75, 3.05) is 5.75 Å². The lowest BCUT2D eigenvalue weighted by atomic mass is 10.2. The molecule has 0 radical (unpaired) electrons. The summed E-state index contributed by atoms with van der Waals surface area (Å²) in [6.07, 6.45) is 7.03. The summed E-state index contributed by atoms with van der Waals surface area (Å²) in [5.41, 5.74) is 3.85. The molecular weight excluding hydrogens is 308 g/mol. The van der Waals surface area contributed by atoms with Crippen LogP contribution in [0.1, 0.15) is 43.9 Å². The van der Waals surface area contributed by atoms with E-state index < -0.39 is 0 Å². The Hall–Kier alpha value is -1.82. The van der Waals surface area contributed by atoms with Gasteiger partial charge >= 0.3 is 0 Å². The average Bonchev–Trinajstić information content (AvgIpc) is 3.10. The molecule has 0 saturated carbocycles. The van der Waals surface area contributed by atoms with Gasteiger partial charge in [-0.05, 0) is 31.9 Å². The smallest absolute Gasteiger partial charge is 0.276 e. The lowest BCUT2D eigenvalue weighted by molar-refractivity contribution is 0.463. The molecule has 0 fully saturated rings. The number of unbranched alkanes of at least 4 members (excludes halogenated alkanes) is 3. The standard InChI is InChI=1S/C17H22N4OS/c1-4-5-6-7-10-23-17-20-19-16(22-17)15-13(3)18-14-9-8-12(2)11-21(14)15/h8-9,11H,4-7,10H2,1-3H3. The number of rotatable bonds is 7. The van der Waals surface area contributed by atoms with Crippen molar-refractivity contribution in [3.05, 3.63) is 29.6 Å². The first kappa shape index (κ1) is 16.1. The third-order valence-corrected chi connectivity index (χ3v) is 4.68. The highest BCUT2D eigenvalue weighted by Crippen LogP contribution is 2.27. The first-order valence-corrected chi connectivity index (χ1v) is 9.09. The molecular formula is C17H22N4OS. The van der Waals surface area contributed by atoms with Gasteiger partial charge in [-0.1, -0.05) is 44.0 Å². The maximum absolute atomic E-state index is 5.84. The van der Waals surface area contributed by atoms with Gasteiger partial charge in [0.2, 0.25) is 0 Å². The number of aromatic nitrogens is 4. The first-order valence-electron chi connectivity index (χ1n) is 8.11. The lowest BCUT2D eigenvalue weighted by Crippen LogP contribution is -1.90. The number of aryl methyl sites for hydroxylation is 2. The van der Waals surface area contributed by atoms with E-state index in [4.69, 9.17) is 4.42 Å². The van der Waals surface area contributed by atoms with Gasteiger partial charge in [0.1, 0.15) is 11.3 Å². The van der Waals surface area contributed by atoms with Gasteiger partial charge in [-0.2, -0.15) is 0 Å². The minimum absolute atomic E-state index is 0.539. The van der Waals surface area contributed by atoms with Crippen molar-refractivity contribution in [3.8, 4) is 11.6 Å². The molecule has 6 heteroatoms. The van der Waals surface area contributed by atoms with E-state index in [9.17, 15) is 0 Å². The van der Waals surface area contributed by atoms with Crippen molar-refractivity contribution in [3.63, 3.8) is 0 Å². The van der Waals surface area contributed by atoms with Crippen LogP contribution in [0.3, 0.4) is 0 Å². The molecule has 0 aromatic carbocycles. The summed E-state index contributed by atoms with van der Waals surface area (Å²) in [5, 5.41) is 9.02. The third-order valence-electron chi connectivity index (χ3n) is 3.77. The van der Waals surface area contributed by atoms with Crippen LogP contribution in [0, 0.1) is 13.8 Å². The van der Waals surface area contributed by atoms with Crippen molar-refractivity contribution in [2.24, 2.45) is 0 Å². The van der Waals surface area contributed by atoms with Gasteiger partial charge in [0.15, 0.2) is 0 Å². The predicted octanol–water partition coefficient (Wildman–Crippen LogP) is 4.67. The van der Waals surface area contributed by atoms with Gasteiger partial charge in [-0.3, -0.25) is 4.40 Å². The van der Waals surface area contributed by atoms with Crippen molar-refractivity contribution in [1.82, 2.24) is 19.6 Å². The summed E-state index contributed by atoms with van der Waals surface area (Å²) in [6.45, 7) is 6.25. The topological polar surface area (TPSA) is 56.2 Å². The lowest BCUT2D eigenvalue weighted by Gasteiger charge is -1.99. The molecule has 0 amide bonds. The number of fused-ring (bicyclic) bond motifs is 1. The minimum Gasteiger partial charge on any atom is -0.410 e. The van der Waals surface area contributed by atoms with Crippen molar-refractivity contribution in [2.45, 2.75) is 51.7 Å². The zero-order chi connectivity index (χ0) is 16.2. The molecule has 3 aromatic heterocycles. The highest BCUT2D eigenvalue weighted by atomic mass is 32.2. The van der Waals surface area contributed by atoms with Crippen LogP contribution in [0.15, 0.2) is 28.0 Å². The fourth-order valence-electron chi connectivity index (χ4n) is 2.58. The largest absolute Gasteiger partial charge is 0.410 e. The third kappa shape index (κ3) is 3.58. The molecule has 3 heterocycles. The van der Waals surface area contributed by atoms with Gasteiger partial charge < -0.3 is 4.42 Å². The number of thioether (sulfide) groups is 1. The molecule has 0 bridgehead atoms. The Morgan fingerprint density at radius 1 is 1.13 bits per heavy atom. The summed E-state index contributed by atoms with van der Waals surface area (Å²) in [6, 6.07) is 4.06. The molecule has 0 spiro atoms. The fraction of sp³-hybridized carbons (Fsp3) is 0.471. The molecule has 0 aliphatic heterocycles. The van der Waals surface area contributed by atoms with E-state index in [-0.39, 0.29) is 0 Å². The average molecular weight is 330 g/mol. The van der Waals surface area contributed by atoms with Crippen molar-refractivity contribution >= 4 is 17.4 Å². The van der Waals surface area contributed by atoms with E-state index in [0.717, 1.165) is 22.8 Å². The summed E-state index contributed by atoms with van der Waals surface area (Å²) in [7, 11) is 0. The van der Waals surface area contributed by atoms with Crippen LogP contribution in [-0.4, -0.2) is 25.3 Å². The summed E-state index contributed by atoms with van der Waals surface area (Å²) >= 11 is 1.63. The molecule has 3 rings (SSSR count). The Morgan fingerprint density at radius 2 is 2.00 bits per heavy atom. The van der Waals surface area contributed by atoms with Crippen LogP contribution < -0.4 is 0 Å². The first-order chi connectivity index (χ1) is 11.2. The zero-order valence-electron chi connectivity index (χ0n) is 13.9. The summed E-state index contributed by atoms with van der Waals surface area (Å²) in [4.78, 5) is 4.56. The van der Waals surface area contributed by atoms with Crippen LogP contribution in [0.25, 0.3) is 17.2 Å². The van der Waals surface area contributed by atoms with E-state index in [2.05, 4.69) is 35.1 Å². The second-order valence-electron chi connectivity index (χ2n) is 5.76. The van der Waals surface area contributed by atoms with Gasteiger partial charge in [0.25, 0.3) is 11.1 Å². The molecule has 3 aromatic rings. The molecule has 0 aliphatic carbocycles. The SMILES string of the molecule is CCCCCCSc1nnc(-c2c(C)nc3ccc(C)cn23)o1. The molecule has 5 nitrogen and oxygen atoms in total. The Morgan fingerprint density at radius 3 is 2.83 bits per heavy atom. The number of imidazole rings is 1. The van der Waals surface area contributed by atoms with Crippen LogP contribution in [-0.2, 0) is 0 Å². The van der Waals surface area contributed by atoms with Gasteiger partial charge in [0, 0.05) is 11.9 Å². The monoisotopic (exact) mass is 330 g/mol. The highest BCUT2D eigenvalue weighted by Gasteiger charge is 2.17. The van der Waals surface area contributed by atoms with Crippen LogP contribution in [0.5, 0.6) is 0 Å². The molecule has 23 heavy (non-hydrogen) atoms. The van der Waals surface area contributed by atoms with E-state index >= 15 is 0 Å². The quantitative estimate of drug-likeness (QED) is 0.465. The van der Waals surface area contributed by atoms with Crippen LogP contribution in [0.4, 0.5) is 0 Å². The van der Waals surface area contributed by atoms with Crippen molar-refractivity contribution in [1.29, 1.82) is 0 Å². The Bertz CT molecular complexity index is 793. The Kier molecular flexibility index (Phi) is 5.00. The van der Waals surface area contributed by atoms with E-state index in [1.165, 1.54) is 31.2 Å². The number of hydrogen-bond donors (Lipinski definition) is 0. The summed E-state index contributed by atoms with van der Waals surface area (Å²) < 4.78 is 7.86. The van der Waals surface area contributed by atoms with E-state index in [1.807, 2.05) is 23.6 Å². The molecule has 0 aliphatic rings. The van der Waals surface area contributed by atoms with Gasteiger partial charge in [-0.25, -0.2) is 4.98 Å². The highest BCUT2D eigenvalue weighted by molar-refractivity contribution is 7.99. The number of nitrogens with zero attached hydrogens (tertiary/aromatic N) is 4. The minimum atomic E-state index is 0.539. The van der Waals surface area contributed by atoms with E-state index in [1.54, 1.807) is 11.8 Å². The second-order valence-corrected chi connectivity index (χ2v) is 6.81. The predicted molar refractivity (Wildman–Crippen MR) is 92.8 cm³/mol. The maximum atomic E-state index is 5.84. The zero-order valence-corrected chi connectivity index (χ0v) is 14.7. The molecule has 0 N–H and O–H groups in total. The number of hydrogen-bond acceptors (Lipinski definition) is 5. The van der Waals surface area contributed by atoms with Crippen molar-refractivity contribution < 1.29 is 4.42 Å². The number of pyridine rings is 1. The molecule has 0 saturated heterocycles. The Labute approximate surface area is 140 Å². The van der Waals surface area contributed by atoms with Gasteiger partial charge in [0.05, 0.1) is 5.69 Å². The normalized spacial score (nSPS) is 11.4. The maximum Gasteiger partial charge on any atom is 0.276 e. The fourth-order valence-corrected chi connectivity index (χ4v) is 3.34. The van der Waals surface area contributed by atoms with Crippen LogP contribution in [0.2, 0.25) is 0 Å². The molecule has 0 atom stereocenters. The van der Waals surface area contributed by atoms with Gasteiger partial charge in [-0.15, -0.1) is 10.2 Å². The van der Waals surface area contributed by atoms with Crippen LogP contribution >= 0.6 is 11.8 Å².